The SMILES string of the molecule is COc1ccccc1NC(=O)c1ccc(S(=O)(=O)NCc2ccccn2)o1. The third kappa shape index (κ3) is 4.52. The van der Waals surface area contributed by atoms with Gasteiger partial charge in [0.15, 0.2) is 5.76 Å². The van der Waals surface area contributed by atoms with Crippen LogP contribution < -0.4 is 14.8 Å². The van der Waals surface area contributed by atoms with E-state index in [9.17, 15) is 13.2 Å². The lowest BCUT2D eigenvalue weighted by Crippen LogP contribution is -2.23. The van der Waals surface area contributed by atoms with Gasteiger partial charge in [0.1, 0.15) is 5.75 Å². The number of furan rings is 1. The van der Waals surface area contributed by atoms with E-state index in [2.05, 4.69) is 15.0 Å². The Kier molecular flexibility index (Phi) is 5.53. The Labute approximate surface area is 156 Å². The van der Waals surface area contributed by atoms with E-state index in [0.717, 1.165) is 0 Å². The maximum atomic E-state index is 12.3. The van der Waals surface area contributed by atoms with Gasteiger partial charge in [-0.25, -0.2) is 13.1 Å². The molecule has 0 fully saturated rings. The average Bonchev–Trinajstić information content (AvgIpc) is 3.19. The number of sulfonamides is 1. The second-order valence-corrected chi connectivity index (χ2v) is 7.12. The first-order valence-electron chi connectivity index (χ1n) is 7.93. The van der Waals surface area contributed by atoms with Crippen LogP contribution in [0.3, 0.4) is 0 Å². The van der Waals surface area contributed by atoms with E-state index in [1.165, 1.54) is 19.2 Å². The van der Waals surface area contributed by atoms with Crippen molar-refractivity contribution in [3.8, 4) is 5.75 Å². The number of methoxy groups -OCH3 is 1. The number of amides is 1. The lowest BCUT2D eigenvalue weighted by Gasteiger charge is -2.08. The molecular formula is C18H17N3O5S. The maximum absolute atomic E-state index is 12.3. The molecule has 8 nitrogen and oxygen atoms in total. The molecule has 0 aliphatic carbocycles. The molecule has 0 saturated carbocycles. The molecule has 1 amide bonds. The van der Waals surface area contributed by atoms with E-state index >= 15 is 0 Å². The molecule has 27 heavy (non-hydrogen) atoms. The van der Waals surface area contributed by atoms with Crippen LogP contribution >= 0.6 is 0 Å². The molecule has 0 atom stereocenters. The van der Waals surface area contributed by atoms with E-state index in [1.807, 2.05) is 0 Å². The number of hydrogen-bond donors (Lipinski definition) is 2. The number of benzene rings is 1. The summed E-state index contributed by atoms with van der Waals surface area (Å²) in [6.07, 6.45) is 1.57. The number of nitrogens with zero attached hydrogens (tertiary/aromatic N) is 1. The summed E-state index contributed by atoms with van der Waals surface area (Å²) >= 11 is 0. The normalized spacial score (nSPS) is 11.1. The summed E-state index contributed by atoms with van der Waals surface area (Å²) in [6, 6.07) is 14.5. The largest absolute Gasteiger partial charge is 0.495 e. The van der Waals surface area contributed by atoms with Crippen LogP contribution in [0.25, 0.3) is 0 Å². The number of nitrogens with one attached hydrogen (secondary N) is 2. The fourth-order valence-electron chi connectivity index (χ4n) is 2.26. The molecule has 0 bridgehead atoms. The number of aromatic nitrogens is 1. The van der Waals surface area contributed by atoms with Gasteiger partial charge in [0.2, 0.25) is 5.09 Å². The third-order valence-electron chi connectivity index (χ3n) is 3.59. The van der Waals surface area contributed by atoms with Gasteiger partial charge in [0.05, 0.1) is 25.0 Å². The molecule has 1 aromatic carbocycles. The second kappa shape index (κ2) is 8.02. The molecule has 140 valence electrons. The predicted molar refractivity (Wildman–Crippen MR) is 97.9 cm³/mol. The van der Waals surface area contributed by atoms with Crippen molar-refractivity contribution in [1.29, 1.82) is 0 Å². The Balaban J connectivity index is 1.70. The lowest BCUT2D eigenvalue weighted by atomic mass is 10.3. The van der Waals surface area contributed by atoms with Gasteiger partial charge in [-0.1, -0.05) is 18.2 Å². The van der Waals surface area contributed by atoms with Gasteiger partial charge in [-0.15, -0.1) is 0 Å². The Hall–Kier alpha value is -3.17. The van der Waals surface area contributed by atoms with E-state index in [4.69, 9.17) is 9.15 Å². The maximum Gasteiger partial charge on any atom is 0.291 e. The fraction of sp³-hybridized carbons (Fsp3) is 0.111. The van der Waals surface area contributed by atoms with Crippen LogP contribution in [0.1, 0.15) is 16.2 Å². The molecule has 2 N–H and O–H groups in total. The number of pyridine rings is 1. The summed E-state index contributed by atoms with van der Waals surface area (Å²) in [5.41, 5.74) is 1.00. The monoisotopic (exact) mass is 387 g/mol. The first-order valence-corrected chi connectivity index (χ1v) is 9.42. The van der Waals surface area contributed by atoms with E-state index < -0.39 is 15.9 Å². The van der Waals surface area contributed by atoms with Gasteiger partial charge in [0, 0.05) is 6.20 Å². The molecule has 0 aliphatic heterocycles. The minimum atomic E-state index is -3.92. The summed E-state index contributed by atoms with van der Waals surface area (Å²) in [7, 11) is -2.44. The van der Waals surface area contributed by atoms with Crippen LogP contribution in [0.5, 0.6) is 5.75 Å². The van der Waals surface area contributed by atoms with Crippen LogP contribution in [0.15, 0.2) is 70.3 Å². The van der Waals surface area contributed by atoms with Crippen molar-refractivity contribution in [2.75, 3.05) is 12.4 Å². The molecule has 9 heteroatoms. The molecule has 2 aromatic heterocycles. The zero-order valence-electron chi connectivity index (χ0n) is 14.4. The van der Waals surface area contributed by atoms with Crippen LogP contribution in [0.2, 0.25) is 0 Å². The highest BCUT2D eigenvalue weighted by molar-refractivity contribution is 7.89. The quantitative estimate of drug-likeness (QED) is 0.644. The highest BCUT2D eigenvalue weighted by Gasteiger charge is 2.21. The Bertz CT molecular complexity index is 1030. The third-order valence-corrected chi connectivity index (χ3v) is 4.87. The van der Waals surface area contributed by atoms with E-state index in [-0.39, 0.29) is 17.4 Å². The summed E-state index contributed by atoms with van der Waals surface area (Å²) in [6.45, 7) is 0.00656. The smallest absolute Gasteiger partial charge is 0.291 e. The number of para-hydroxylation sites is 2. The Morgan fingerprint density at radius 3 is 2.63 bits per heavy atom. The van der Waals surface area contributed by atoms with Crippen LogP contribution in [0.4, 0.5) is 5.69 Å². The number of hydrogen-bond acceptors (Lipinski definition) is 6. The molecule has 0 unspecified atom stereocenters. The van der Waals surface area contributed by atoms with Crippen molar-refractivity contribution < 1.29 is 22.4 Å². The van der Waals surface area contributed by atoms with Crippen molar-refractivity contribution in [2.45, 2.75) is 11.6 Å². The van der Waals surface area contributed by atoms with Crippen molar-refractivity contribution in [3.05, 3.63) is 72.2 Å². The van der Waals surface area contributed by atoms with E-state index in [1.54, 1.807) is 48.7 Å². The highest BCUT2D eigenvalue weighted by Crippen LogP contribution is 2.24. The van der Waals surface area contributed by atoms with Gasteiger partial charge in [0.25, 0.3) is 15.9 Å². The standard InChI is InChI=1S/C18H17N3O5S/c1-25-15-8-3-2-7-14(15)21-18(22)16-9-10-17(26-16)27(23,24)20-12-13-6-4-5-11-19-13/h2-11,20H,12H2,1H3,(H,21,22). The summed E-state index contributed by atoms with van der Waals surface area (Å²) < 4.78 is 37.4. The zero-order valence-corrected chi connectivity index (χ0v) is 15.2. The first-order chi connectivity index (χ1) is 13.0. The molecule has 0 saturated heterocycles. The number of rotatable bonds is 7. The second-order valence-electron chi connectivity index (χ2n) is 5.42. The topological polar surface area (TPSA) is 111 Å². The number of carbonyl (C=O) groups excluding carboxylic acids is 1. The molecule has 0 spiro atoms. The summed E-state index contributed by atoms with van der Waals surface area (Å²) in [5.74, 6) is -0.257. The molecular weight excluding hydrogens is 370 g/mol. The van der Waals surface area contributed by atoms with Gasteiger partial charge in [-0.2, -0.15) is 0 Å². The fourth-order valence-corrected chi connectivity index (χ4v) is 3.19. The minimum absolute atomic E-state index is 0.00656. The number of ether oxygens (including phenoxy) is 1. The van der Waals surface area contributed by atoms with Crippen molar-refractivity contribution in [1.82, 2.24) is 9.71 Å². The summed E-state index contributed by atoms with van der Waals surface area (Å²) in [5, 5.41) is 2.26. The molecule has 3 aromatic rings. The molecule has 0 aliphatic rings. The van der Waals surface area contributed by atoms with Crippen molar-refractivity contribution in [2.24, 2.45) is 0 Å². The van der Waals surface area contributed by atoms with Crippen LogP contribution in [-0.4, -0.2) is 26.4 Å². The van der Waals surface area contributed by atoms with Gasteiger partial charge in [-0.3, -0.25) is 9.78 Å². The Morgan fingerprint density at radius 2 is 1.89 bits per heavy atom. The van der Waals surface area contributed by atoms with Crippen LogP contribution in [-0.2, 0) is 16.6 Å². The molecule has 2 heterocycles. The molecule has 3 rings (SSSR count). The number of anilines is 1. The zero-order chi connectivity index (χ0) is 19.3. The van der Waals surface area contributed by atoms with Crippen molar-refractivity contribution >= 4 is 21.6 Å². The first kappa shape index (κ1) is 18.6. The predicted octanol–water partition coefficient (Wildman–Crippen LogP) is 2.41. The lowest BCUT2D eigenvalue weighted by molar-refractivity contribution is 0.0991. The van der Waals surface area contributed by atoms with E-state index in [0.29, 0.717) is 17.1 Å². The average molecular weight is 387 g/mol. The van der Waals surface area contributed by atoms with Gasteiger partial charge < -0.3 is 14.5 Å². The molecule has 0 radical (unpaired) electrons. The summed E-state index contributed by atoms with van der Waals surface area (Å²) in [4.78, 5) is 16.4. The minimum Gasteiger partial charge on any atom is -0.495 e. The Morgan fingerprint density at radius 1 is 1.11 bits per heavy atom. The number of carbonyl (C=O) groups is 1. The van der Waals surface area contributed by atoms with Gasteiger partial charge in [-0.05, 0) is 36.4 Å². The van der Waals surface area contributed by atoms with Gasteiger partial charge >= 0.3 is 0 Å². The highest BCUT2D eigenvalue weighted by atomic mass is 32.2. The van der Waals surface area contributed by atoms with Crippen LogP contribution in [0, 0.1) is 0 Å². The van der Waals surface area contributed by atoms with Crippen molar-refractivity contribution in [3.63, 3.8) is 0 Å².